The van der Waals surface area contributed by atoms with Crippen molar-refractivity contribution < 1.29 is 19.0 Å². The number of hydrogen-bond donors (Lipinski definition) is 0. The van der Waals surface area contributed by atoms with E-state index in [4.69, 9.17) is 25.8 Å². The maximum absolute atomic E-state index is 12.3. The monoisotopic (exact) mass is 363 g/mol. The van der Waals surface area contributed by atoms with Crippen LogP contribution in [0.4, 0.5) is 0 Å². The van der Waals surface area contributed by atoms with Crippen molar-refractivity contribution in [3.63, 3.8) is 0 Å². The highest BCUT2D eigenvalue weighted by molar-refractivity contribution is 6.30. The number of carbonyl (C=O) groups is 1. The van der Waals surface area contributed by atoms with Gasteiger partial charge in [-0.05, 0) is 30.3 Å². The lowest BCUT2D eigenvalue weighted by atomic mass is 10.2. The molecule has 0 radical (unpaired) electrons. The van der Waals surface area contributed by atoms with E-state index < -0.39 is 0 Å². The van der Waals surface area contributed by atoms with Crippen molar-refractivity contribution in [3.05, 3.63) is 53.1 Å². The quantitative estimate of drug-likeness (QED) is 0.716. The summed E-state index contributed by atoms with van der Waals surface area (Å²) in [5.74, 6) is 1.94. The lowest BCUT2D eigenvalue weighted by Crippen LogP contribution is -2.27. The predicted molar refractivity (Wildman–Crippen MR) is 97.6 cm³/mol. The van der Waals surface area contributed by atoms with Crippen LogP contribution < -0.4 is 14.2 Å². The molecule has 0 unspecified atom stereocenters. The lowest BCUT2D eigenvalue weighted by Gasteiger charge is -2.19. The number of halogens is 1. The Bertz CT molecular complexity index is 720. The number of methoxy groups -OCH3 is 2. The molecule has 0 N–H and O–H groups in total. The van der Waals surface area contributed by atoms with Crippen molar-refractivity contribution in [1.82, 2.24) is 4.90 Å². The maximum atomic E-state index is 12.3. The molecule has 0 spiro atoms. The van der Waals surface area contributed by atoms with E-state index in [1.54, 1.807) is 44.4 Å². The van der Waals surface area contributed by atoms with Gasteiger partial charge in [-0.2, -0.15) is 0 Å². The van der Waals surface area contributed by atoms with Crippen LogP contribution >= 0.6 is 11.6 Å². The standard InChI is InChI=1S/C19H22ClNO4/c1-21(13-14-12-15(20)8-9-16(14)23-2)19(22)10-11-25-18-7-5-4-6-17(18)24-3/h4-9,12H,10-11,13H2,1-3H3. The van der Waals surface area contributed by atoms with Crippen molar-refractivity contribution in [1.29, 1.82) is 0 Å². The number of para-hydroxylation sites is 2. The van der Waals surface area contributed by atoms with Crippen LogP contribution in [0.5, 0.6) is 17.2 Å². The normalized spacial score (nSPS) is 10.2. The van der Waals surface area contributed by atoms with E-state index in [9.17, 15) is 4.79 Å². The van der Waals surface area contributed by atoms with Crippen LogP contribution in [0.25, 0.3) is 0 Å². The van der Waals surface area contributed by atoms with Gasteiger partial charge < -0.3 is 19.1 Å². The molecule has 2 rings (SSSR count). The molecule has 2 aromatic rings. The zero-order valence-corrected chi connectivity index (χ0v) is 15.4. The SMILES string of the molecule is COc1ccc(Cl)cc1CN(C)C(=O)CCOc1ccccc1OC. The molecule has 0 aliphatic carbocycles. The molecule has 0 aliphatic rings. The summed E-state index contributed by atoms with van der Waals surface area (Å²) >= 11 is 6.03. The fourth-order valence-electron chi connectivity index (χ4n) is 2.39. The third kappa shape index (κ3) is 5.29. The highest BCUT2D eigenvalue weighted by Crippen LogP contribution is 2.26. The van der Waals surface area contributed by atoms with Gasteiger partial charge in [0.2, 0.25) is 5.91 Å². The average Bonchev–Trinajstić information content (AvgIpc) is 2.62. The van der Waals surface area contributed by atoms with Crippen molar-refractivity contribution in [2.24, 2.45) is 0 Å². The van der Waals surface area contributed by atoms with E-state index in [0.717, 1.165) is 5.56 Å². The zero-order chi connectivity index (χ0) is 18.2. The Morgan fingerprint density at radius 2 is 1.72 bits per heavy atom. The van der Waals surface area contributed by atoms with Gasteiger partial charge in [0.1, 0.15) is 5.75 Å². The number of benzene rings is 2. The van der Waals surface area contributed by atoms with Gasteiger partial charge in [0, 0.05) is 24.2 Å². The Labute approximate surface area is 153 Å². The Balaban J connectivity index is 1.89. The van der Waals surface area contributed by atoms with Gasteiger partial charge >= 0.3 is 0 Å². The van der Waals surface area contributed by atoms with E-state index >= 15 is 0 Å². The molecule has 0 saturated carbocycles. The van der Waals surface area contributed by atoms with E-state index in [-0.39, 0.29) is 18.9 Å². The molecule has 0 aromatic heterocycles. The van der Waals surface area contributed by atoms with Crippen LogP contribution in [0, 0.1) is 0 Å². The van der Waals surface area contributed by atoms with E-state index in [0.29, 0.717) is 28.8 Å². The van der Waals surface area contributed by atoms with Crippen LogP contribution in [0.1, 0.15) is 12.0 Å². The first-order valence-electron chi connectivity index (χ1n) is 7.87. The van der Waals surface area contributed by atoms with Crippen molar-refractivity contribution >= 4 is 17.5 Å². The van der Waals surface area contributed by atoms with Crippen LogP contribution in [-0.4, -0.2) is 38.7 Å². The molecular formula is C19H22ClNO4. The minimum Gasteiger partial charge on any atom is -0.496 e. The number of ether oxygens (including phenoxy) is 3. The largest absolute Gasteiger partial charge is 0.496 e. The second-order valence-electron chi connectivity index (χ2n) is 5.46. The molecule has 0 aliphatic heterocycles. The molecule has 5 nitrogen and oxygen atoms in total. The Morgan fingerprint density at radius 3 is 2.40 bits per heavy atom. The Hall–Kier alpha value is -2.40. The number of hydrogen-bond acceptors (Lipinski definition) is 4. The first kappa shape index (κ1) is 18.9. The van der Waals surface area contributed by atoms with Gasteiger partial charge in [-0.1, -0.05) is 23.7 Å². The molecule has 2 aromatic carbocycles. The first-order chi connectivity index (χ1) is 12.0. The Morgan fingerprint density at radius 1 is 1.04 bits per heavy atom. The van der Waals surface area contributed by atoms with Crippen LogP contribution in [0.2, 0.25) is 5.02 Å². The van der Waals surface area contributed by atoms with Crippen molar-refractivity contribution in [2.45, 2.75) is 13.0 Å². The molecule has 0 heterocycles. The summed E-state index contributed by atoms with van der Waals surface area (Å²) < 4.78 is 16.2. The fraction of sp³-hybridized carbons (Fsp3) is 0.316. The van der Waals surface area contributed by atoms with Crippen LogP contribution in [0.15, 0.2) is 42.5 Å². The molecule has 134 valence electrons. The summed E-state index contributed by atoms with van der Waals surface area (Å²) in [6, 6.07) is 12.7. The molecule has 25 heavy (non-hydrogen) atoms. The molecule has 1 amide bonds. The van der Waals surface area contributed by atoms with Gasteiger partial charge in [0.15, 0.2) is 11.5 Å². The summed E-state index contributed by atoms with van der Waals surface area (Å²) in [5.41, 5.74) is 0.858. The molecule has 6 heteroatoms. The van der Waals surface area contributed by atoms with Gasteiger partial charge in [-0.25, -0.2) is 0 Å². The number of carbonyl (C=O) groups excluding carboxylic acids is 1. The molecule has 0 bridgehead atoms. The third-order valence-corrected chi connectivity index (χ3v) is 3.95. The summed E-state index contributed by atoms with van der Waals surface area (Å²) in [6.45, 7) is 0.688. The molecular weight excluding hydrogens is 342 g/mol. The van der Waals surface area contributed by atoms with Crippen molar-refractivity contribution in [2.75, 3.05) is 27.9 Å². The van der Waals surface area contributed by atoms with Gasteiger partial charge in [-0.3, -0.25) is 4.79 Å². The predicted octanol–water partition coefficient (Wildman–Crippen LogP) is 3.78. The van der Waals surface area contributed by atoms with Crippen molar-refractivity contribution in [3.8, 4) is 17.2 Å². The third-order valence-electron chi connectivity index (χ3n) is 3.72. The van der Waals surface area contributed by atoms with Gasteiger partial charge in [0.05, 0.1) is 27.2 Å². The summed E-state index contributed by atoms with van der Waals surface area (Å²) in [7, 11) is 4.92. The maximum Gasteiger partial charge on any atom is 0.226 e. The first-order valence-corrected chi connectivity index (χ1v) is 8.25. The Kier molecular flexibility index (Phi) is 6.95. The molecule has 0 atom stereocenters. The van der Waals surface area contributed by atoms with E-state index in [2.05, 4.69) is 0 Å². The van der Waals surface area contributed by atoms with Crippen LogP contribution in [0.3, 0.4) is 0 Å². The summed E-state index contributed by atoms with van der Waals surface area (Å²) in [6.07, 6.45) is 0.261. The summed E-state index contributed by atoms with van der Waals surface area (Å²) in [4.78, 5) is 13.9. The van der Waals surface area contributed by atoms with Crippen LogP contribution in [-0.2, 0) is 11.3 Å². The minimum atomic E-state index is -0.0306. The number of amides is 1. The second-order valence-corrected chi connectivity index (χ2v) is 5.89. The smallest absolute Gasteiger partial charge is 0.226 e. The topological polar surface area (TPSA) is 48.0 Å². The highest BCUT2D eigenvalue weighted by Gasteiger charge is 2.13. The second kappa shape index (κ2) is 9.18. The summed E-state index contributed by atoms with van der Waals surface area (Å²) in [5, 5.41) is 0.608. The highest BCUT2D eigenvalue weighted by atomic mass is 35.5. The minimum absolute atomic E-state index is 0.0306. The lowest BCUT2D eigenvalue weighted by molar-refractivity contribution is -0.130. The zero-order valence-electron chi connectivity index (χ0n) is 14.6. The van der Waals surface area contributed by atoms with Gasteiger partial charge in [-0.15, -0.1) is 0 Å². The molecule has 0 fully saturated rings. The molecule has 0 saturated heterocycles. The number of rotatable bonds is 8. The van der Waals surface area contributed by atoms with E-state index in [1.807, 2.05) is 24.3 Å². The fourth-order valence-corrected chi connectivity index (χ4v) is 2.59. The number of nitrogens with zero attached hydrogens (tertiary/aromatic N) is 1. The van der Waals surface area contributed by atoms with E-state index in [1.165, 1.54) is 0 Å². The average molecular weight is 364 g/mol. The van der Waals surface area contributed by atoms with Gasteiger partial charge in [0.25, 0.3) is 0 Å².